The molecule has 1 saturated carbocycles. The van der Waals surface area contributed by atoms with Crippen molar-refractivity contribution in [2.75, 3.05) is 26.0 Å². The number of rotatable bonds is 8. The Bertz CT molecular complexity index is 884. The molecule has 2 N–H and O–H groups in total. The van der Waals surface area contributed by atoms with Gasteiger partial charge in [-0.25, -0.2) is 0 Å². The highest BCUT2D eigenvalue weighted by molar-refractivity contribution is 5.78. The number of hydrogen-bond acceptors (Lipinski definition) is 3. The number of nitrogens with one attached hydrogen (secondary N) is 1. The molecule has 0 spiro atoms. The molecule has 0 radical (unpaired) electrons. The first-order valence-electron chi connectivity index (χ1n) is 11.4. The number of carbonyl (C=O) groups excluding carboxylic acids is 1. The summed E-state index contributed by atoms with van der Waals surface area (Å²) >= 11 is 0. The molecule has 4 heteroatoms. The molecule has 4 nitrogen and oxygen atoms in total. The summed E-state index contributed by atoms with van der Waals surface area (Å²) in [7, 11) is 3.91. The van der Waals surface area contributed by atoms with Crippen LogP contribution in [0.1, 0.15) is 60.3 Å². The number of hydrogen-bond donors (Lipinski definition) is 2. The number of aliphatic hydroxyl groups excluding tert-OH is 1. The minimum absolute atomic E-state index is 0.166. The molecule has 0 aromatic heterocycles. The zero-order valence-corrected chi connectivity index (χ0v) is 19.1. The van der Waals surface area contributed by atoms with E-state index < -0.39 is 0 Å². The molecule has 2 aromatic carbocycles. The largest absolute Gasteiger partial charge is 0.396 e. The second-order valence-electron chi connectivity index (χ2n) is 8.56. The first-order chi connectivity index (χ1) is 15.0. The number of aliphatic hydroxyl groups is 1. The van der Waals surface area contributed by atoms with Gasteiger partial charge in [-0.15, -0.1) is 0 Å². The van der Waals surface area contributed by atoms with Crippen molar-refractivity contribution < 1.29 is 9.90 Å². The molecule has 166 valence electrons. The predicted molar refractivity (Wildman–Crippen MR) is 129 cm³/mol. The van der Waals surface area contributed by atoms with Crippen LogP contribution in [0.4, 0.5) is 5.69 Å². The quantitative estimate of drug-likeness (QED) is 0.620. The summed E-state index contributed by atoms with van der Waals surface area (Å²) in [5, 5.41) is 12.7. The average Bonchev–Trinajstić information content (AvgIpc) is 2.80. The normalized spacial score (nSPS) is 18.8. The standard InChI is InChI=1S/C27H36N2O2/c1-20-25(17-14-23(18-19-30)27(20)28-2)22-12-15-24(16-13-22)29(3)26(31)11-7-10-21-8-5-4-6-9-21/h4-10,14,17,22,24,28,30H,11-13,15-16,18-19H2,1-3H3/t22-,24-. The van der Waals surface area contributed by atoms with Gasteiger partial charge in [0.05, 0.1) is 0 Å². The van der Waals surface area contributed by atoms with Crippen molar-refractivity contribution in [3.05, 3.63) is 70.8 Å². The van der Waals surface area contributed by atoms with E-state index >= 15 is 0 Å². The average molecular weight is 421 g/mol. The molecular formula is C27H36N2O2. The van der Waals surface area contributed by atoms with Crippen LogP contribution in [0, 0.1) is 6.92 Å². The molecule has 2 aromatic rings. The maximum absolute atomic E-state index is 12.7. The Morgan fingerprint density at radius 1 is 1.13 bits per heavy atom. The van der Waals surface area contributed by atoms with Crippen LogP contribution >= 0.6 is 0 Å². The fourth-order valence-corrected chi connectivity index (χ4v) is 4.88. The zero-order valence-electron chi connectivity index (χ0n) is 19.1. The van der Waals surface area contributed by atoms with Crippen molar-refractivity contribution in [2.24, 2.45) is 0 Å². The maximum Gasteiger partial charge on any atom is 0.226 e. The zero-order chi connectivity index (χ0) is 22.2. The van der Waals surface area contributed by atoms with E-state index in [0.717, 1.165) is 36.9 Å². The molecule has 3 rings (SSSR count). The molecule has 1 aliphatic rings. The third-order valence-electron chi connectivity index (χ3n) is 6.70. The number of nitrogens with zero attached hydrogens (tertiary/aromatic N) is 1. The van der Waals surface area contributed by atoms with Gasteiger partial charge in [-0.2, -0.15) is 0 Å². The van der Waals surface area contributed by atoms with Gasteiger partial charge in [0.2, 0.25) is 5.91 Å². The lowest BCUT2D eigenvalue weighted by molar-refractivity contribution is -0.131. The third kappa shape index (κ3) is 5.76. The van der Waals surface area contributed by atoms with Gasteiger partial charge in [-0.3, -0.25) is 4.79 Å². The summed E-state index contributed by atoms with van der Waals surface area (Å²) in [6.07, 6.45) is 9.40. The molecule has 0 aliphatic heterocycles. The first-order valence-corrected chi connectivity index (χ1v) is 11.4. The highest BCUT2D eigenvalue weighted by atomic mass is 16.3. The van der Waals surface area contributed by atoms with Gasteiger partial charge < -0.3 is 15.3 Å². The lowest BCUT2D eigenvalue weighted by Gasteiger charge is -2.35. The summed E-state index contributed by atoms with van der Waals surface area (Å²) in [6, 6.07) is 14.8. The van der Waals surface area contributed by atoms with E-state index in [1.54, 1.807) is 0 Å². The topological polar surface area (TPSA) is 52.6 Å². The number of anilines is 1. The van der Waals surface area contributed by atoms with Crippen molar-refractivity contribution in [1.29, 1.82) is 0 Å². The second kappa shape index (κ2) is 11.1. The maximum atomic E-state index is 12.7. The van der Waals surface area contributed by atoms with Crippen LogP contribution in [0.3, 0.4) is 0 Å². The molecule has 0 bridgehead atoms. The van der Waals surface area contributed by atoms with E-state index in [2.05, 4.69) is 24.4 Å². The van der Waals surface area contributed by atoms with Crippen molar-refractivity contribution in [3.63, 3.8) is 0 Å². The summed E-state index contributed by atoms with van der Waals surface area (Å²) in [6.45, 7) is 2.35. The SMILES string of the molecule is CNc1c(CCO)ccc([C@H]2CC[C@H](N(C)C(=O)CC=Cc3ccccc3)CC2)c1C. The highest BCUT2D eigenvalue weighted by Gasteiger charge is 2.28. The Hall–Kier alpha value is -2.59. The van der Waals surface area contributed by atoms with Crippen LogP contribution in [0.2, 0.25) is 0 Å². The Kier molecular flexibility index (Phi) is 8.30. The van der Waals surface area contributed by atoms with Gasteiger partial charge >= 0.3 is 0 Å². The summed E-state index contributed by atoms with van der Waals surface area (Å²) < 4.78 is 0. The molecule has 0 heterocycles. The van der Waals surface area contributed by atoms with Crippen LogP contribution in [0.25, 0.3) is 6.08 Å². The van der Waals surface area contributed by atoms with E-state index in [9.17, 15) is 9.90 Å². The monoisotopic (exact) mass is 420 g/mol. The molecule has 0 unspecified atom stereocenters. The van der Waals surface area contributed by atoms with Crippen LogP contribution in [-0.2, 0) is 11.2 Å². The Labute approximate surface area is 187 Å². The number of carbonyl (C=O) groups is 1. The predicted octanol–water partition coefficient (Wildman–Crippen LogP) is 5.16. The van der Waals surface area contributed by atoms with Gasteiger partial charge in [-0.05, 0) is 67.2 Å². The van der Waals surface area contributed by atoms with Crippen molar-refractivity contribution in [3.8, 4) is 0 Å². The first kappa shape index (κ1) is 23.1. The van der Waals surface area contributed by atoms with Gasteiger partial charge in [0.25, 0.3) is 0 Å². The van der Waals surface area contributed by atoms with E-state index in [4.69, 9.17) is 0 Å². The van der Waals surface area contributed by atoms with E-state index in [0.29, 0.717) is 24.8 Å². The van der Waals surface area contributed by atoms with Crippen molar-refractivity contribution in [1.82, 2.24) is 4.90 Å². The molecule has 31 heavy (non-hydrogen) atoms. The van der Waals surface area contributed by atoms with Crippen LogP contribution < -0.4 is 5.32 Å². The van der Waals surface area contributed by atoms with Crippen molar-refractivity contribution in [2.45, 2.75) is 57.4 Å². The van der Waals surface area contributed by atoms with Crippen LogP contribution in [-0.4, -0.2) is 42.7 Å². The number of benzene rings is 2. The lowest BCUT2D eigenvalue weighted by Crippen LogP contribution is -2.39. The van der Waals surface area contributed by atoms with Gasteiger partial charge in [0.1, 0.15) is 0 Å². The Morgan fingerprint density at radius 2 is 1.84 bits per heavy atom. The number of amides is 1. The summed E-state index contributed by atoms with van der Waals surface area (Å²) in [4.78, 5) is 14.6. The molecule has 1 aliphatic carbocycles. The van der Waals surface area contributed by atoms with Crippen LogP contribution in [0.5, 0.6) is 0 Å². The smallest absolute Gasteiger partial charge is 0.226 e. The fraction of sp³-hybridized carbons (Fsp3) is 0.444. The minimum atomic E-state index is 0.166. The highest BCUT2D eigenvalue weighted by Crippen LogP contribution is 2.38. The van der Waals surface area contributed by atoms with Crippen LogP contribution in [0.15, 0.2) is 48.5 Å². The summed E-state index contributed by atoms with van der Waals surface area (Å²) in [5.74, 6) is 0.727. The molecule has 0 saturated heterocycles. The van der Waals surface area contributed by atoms with Gasteiger partial charge in [0, 0.05) is 38.9 Å². The minimum Gasteiger partial charge on any atom is -0.396 e. The second-order valence-corrected chi connectivity index (χ2v) is 8.56. The fourth-order valence-electron chi connectivity index (χ4n) is 4.88. The van der Waals surface area contributed by atoms with Crippen molar-refractivity contribution >= 4 is 17.7 Å². The van der Waals surface area contributed by atoms with Gasteiger partial charge in [0.15, 0.2) is 0 Å². The molecule has 1 amide bonds. The third-order valence-corrected chi connectivity index (χ3v) is 6.70. The Balaban J connectivity index is 1.56. The van der Waals surface area contributed by atoms with E-state index in [1.165, 1.54) is 16.7 Å². The molecular weight excluding hydrogens is 384 g/mol. The van der Waals surface area contributed by atoms with E-state index in [-0.39, 0.29) is 12.5 Å². The molecule has 1 fully saturated rings. The van der Waals surface area contributed by atoms with E-state index in [1.807, 2.05) is 61.5 Å². The Morgan fingerprint density at radius 3 is 2.48 bits per heavy atom. The van der Waals surface area contributed by atoms with Gasteiger partial charge in [-0.1, -0.05) is 54.6 Å². The lowest BCUT2D eigenvalue weighted by atomic mass is 9.79. The molecule has 0 atom stereocenters. The summed E-state index contributed by atoms with van der Waals surface area (Å²) in [5.41, 5.74) is 6.16.